The number of urea groups is 1. The third-order valence-electron chi connectivity index (χ3n) is 3.48. The third-order valence-corrected chi connectivity index (χ3v) is 4.23. The third kappa shape index (κ3) is 4.42. The van der Waals surface area contributed by atoms with Crippen LogP contribution in [-0.4, -0.2) is 16.9 Å². The SMILES string of the molecule is NC(=O)NCc1ccc(C(=O)Nc2nc(-c3ccccc3)cs2)cc1. The molecule has 1 heterocycles. The van der Waals surface area contributed by atoms with Crippen molar-refractivity contribution in [1.29, 1.82) is 0 Å². The van der Waals surface area contributed by atoms with Gasteiger partial charge in [-0.25, -0.2) is 9.78 Å². The summed E-state index contributed by atoms with van der Waals surface area (Å²) in [6.45, 7) is 0.324. The van der Waals surface area contributed by atoms with Gasteiger partial charge in [0.2, 0.25) is 0 Å². The van der Waals surface area contributed by atoms with Gasteiger partial charge in [0.1, 0.15) is 0 Å². The zero-order chi connectivity index (χ0) is 17.6. The maximum Gasteiger partial charge on any atom is 0.312 e. The molecular formula is C18H16N4O2S. The van der Waals surface area contributed by atoms with E-state index in [0.717, 1.165) is 16.8 Å². The van der Waals surface area contributed by atoms with Crippen LogP contribution >= 0.6 is 11.3 Å². The van der Waals surface area contributed by atoms with Crippen molar-refractivity contribution in [3.63, 3.8) is 0 Å². The highest BCUT2D eigenvalue weighted by atomic mass is 32.1. The number of anilines is 1. The fraction of sp³-hybridized carbons (Fsp3) is 0.0556. The summed E-state index contributed by atoms with van der Waals surface area (Å²) in [5.41, 5.74) is 8.23. The van der Waals surface area contributed by atoms with Crippen molar-refractivity contribution in [3.8, 4) is 11.3 Å². The first-order chi connectivity index (χ1) is 12.1. The predicted octanol–water partition coefficient (Wildman–Crippen LogP) is 3.23. The Morgan fingerprint density at radius 3 is 2.44 bits per heavy atom. The van der Waals surface area contributed by atoms with Crippen LogP contribution in [0.4, 0.5) is 9.93 Å². The van der Waals surface area contributed by atoms with Gasteiger partial charge in [0, 0.05) is 23.1 Å². The minimum absolute atomic E-state index is 0.233. The van der Waals surface area contributed by atoms with Gasteiger partial charge in [-0.3, -0.25) is 10.1 Å². The number of benzene rings is 2. The first kappa shape index (κ1) is 16.7. The fourth-order valence-electron chi connectivity index (χ4n) is 2.21. The number of hydrogen-bond donors (Lipinski definition) is 3. The molecule has 7 heteroatoms. The summed E-state index contributed by atoms with van der Waals surface area (Å²) in [5.74, 6) is -0.233. The number of hydrogen-bond acceptors (Lipinski definition) is 4. The molecular weight excluding hydrogens is 336 g/mol. The molecule has 0 bridgehead atoms. The van der Waals surface area contributed by atoms with Crippen molar-refractivity contribution in [2.45, 2.75) is 6.54 Å². The number of nitrogens with one attached hydrogen (secondary N) is 2. The minimum atomic E-state index is -0.584. The monoisotopic (exact) mass is 352 g/mol. The molecule has 0 aliphatic rings. The lowest BCUT2D eigenvalue weighted by atomic mass is 10.1. The van der Waals surface area contributed by atoms with Crippen molar-refractivity contribution >= 4 is 28.4 Å². The molecule has 4 N–H and O–H groups in total. The molecule has 0 fully saturated rings. The molecule has 0 saturated carbocycles. The lowest BCUT2D eigenvalue weighted by molar-refractivity contribution is 0.102. The van der Waals surface area contributed by atoms with E-state index in [1.807, 2.05) is 35.7 Å². The highest BCUT2D eigenvalue weighted by Gasteiger charge is 2.10. The maximum absolute atomic E-state index is 12.3. The predicted molar refractivity (Wildman–Crippen MR) is 98.4 cm³/mol. The second kappa shape index (κ2) is 7.59. The van der Waals surface area contributed by atoms with E-state index in [9.17, 15) is 9.59 Å². The second-order valence-electron chi connectivity index (χ2n) is 5.27. The van der Waals surface area contributed by atoms with E-state index in [4.69, 9.17) is 5.73 Å². The van der Waals surface area contributed by atoms with Crippen molar-refractivity contribution in [2.75, 3.05) is 5.32 Å². The average Bonchev–Trinajstić information content (AvgIpc) is 3.09. The summed E-state index contributed by atoms with van der Waals surface area (Å²) in [6.07, 6.45) is 0. The molecule has 25 heavy (non-hydrogen) atoms. The van der Waals surface area contributed by atoms with E-state index in [-0.39, 0.29) is 5.91 Å². The first-order valence-corrected chi connectivity index (χ1v) is 8.44. The zero-order valence-corrected chi connectivity index (χ0v) is 14.0. The molecule has 3 aromatic rings. The number of carbonyl (C=O) groups excluding carboxylic acids is 2. The first-order valence-electron chi connectivity index (χ1n) is 7.56. The summed E-state index contributed by atoms with van der Waals surface area (Å²) in [5, 5.41) is 7.75. The lowest BCUT2D eigenvalue weighted by Gasteiger charge is -2.05. The van der Waals surface area contributed by atoms with Crippen LogP contribution in [0.25, 0.3) is 11.3 Å². The molecule has 0 atom stereocenters. The number of aromatic nitrogens is 1. The molecule has 0 saturated heterocycles. The van der Waals surface area contributed by atoms with Crippen molar-refractivity contribution in [2.24, 2.45) is 5.73 Å². The quantitative estimate of drug-likeness (QED) is 0.657. The highest BCUT2D eigenvalue weighted by molar-refractivity contribution is 7.14. The number of carbonyl (C=O) groups is 2. The summed E-state index contributed by atoms with van der Waals surface area (Å²) in [6, 6.07) is 16.1. The van der Waals surface area contributed by atoms with Crippen LogP contribution in [0, 0.1) is 0 Å². The van der Waals surface area contributed by atoms with Crippen LogP contribution in [0.15, 0.2) is 60.0 Å². The van der Waals surface area contributed by atoms with Gasteiger partial charge in [0.15, 0.2) is 5.13 Å². The second-order valence-corrected chi connectivity index (χ2v) is 6.13. The molecule has 2 aromatic carbocycles. The van der Waals surface area contributed by atoms with Gasteiger partial charge >= 0.3 is 6.03 Å². The van der Waals surface area contributed by atoms with Crippen molar-refractivity contribution in [1.82, 2.24) is 10.3 Å². The van der Waals surface area contributed by atoms with Crippen LogP contribution in [0.1, 0.15) is 15.9 Å². The molecule has 0 unspecified atom stereocenters. The standard InChI is InChI=1S/C18H16N4O2S/c19-17(24)20-10-12-6-8-14(9-7-12)16(23)22-18-21-15(11-25-18)13-4-2-1-3-5-13/h1-9,11H,10H2,(H3,19,20,24)(H,21,22,23). The van der Waals surface area contributed by atoms with Crippen LogP contribution in [0.5, 0.6) is 0 Å². The topological polar surface area (TPSA) is 97.1 Å². The van der Waals surface area contributed by atoms with E-state index < -0.39 is 6.03 Å². The molecule has 0 radical (unpaired) electrons. The van der Waals surface area contributed by atoms with Crippen LogP contribution in [0.3, 0.4) is 0 Å². The molecule has 0 aliphatic heterocycles. The van der Waals surface area contributed by atoms with Crippen LogP contribution in [0.2, 0.25) is 0 Å². The molecule has 126 valence electrons. The number of amides is 3. The maximum atomic E-state index is 12.3. The van der Waals surface area contributed by atoms with E-state index in [1.165, 1.54) is 11.3 Å². The Kier molecular flexibility index (Phi) is 5.06. The molecule has 0 aliphatic carbocycles. The minimum Gasteiger partial charge on any atom is -0.352 e. The number of thiazole rings is 1. The van der Waals surface area contributed by atoms with E-state index in [1.54, 1.807) is 24.3 Å². The Balaban J connectivity index is 1.64. The van der Waals surface area contributed by atoms with Gasteiger partial charge in [0.05, 0.1) is 5.69 Å². The van der Waals surface area contributed by atoms with Crippen molar-refractivity contribution < 1.29 is 9.59 Å². The Morgan fingerprint density at radius 2 is 1.76 bits per heavy atom. The van der Waals surface area contributed by atoms with Gasteiger partial charge in [0.25, 0.3) is 5.91 Å². The summed E-state index contributed by atoms with van der Waals surface area (Å²) in [4.78, 5) is 27.4. The van der Waals surface area contributed by atoms with Gasteiger partial charge in [-0.1, -0.05) is 42.5 Å². The average molecular weight is 352 g/mol. The molecule has 6 nitrogen and oxygen atoms in total. The van der Waals surface area contributed by atoms with Gasteiger partial charge in [-0.2, -0.15) is 0 Å². The van der Waals surface area contributed by atoms with Gasteiger partial charge < -0.3 is 11.1 Å². The highest BCUT2D eigenvalue weighted by Crippen LogP contribution is 2.24. The van der Waals surface area contributed by atoms with E-state index >= 15 is 0 Å². The summed E-state index contributed by atoms with van der Waals surface area (Å²) < 4.78 is 0. The van der Waals surface area contributed by atoms with Gasteiger partial charge in [-0.05, 0) is 17.7 Å². The summed E-state index contributed by atoms with van der Waals surface area (Å²) in [7, 11) is 0. The number of primary amides is 1. The number of nitrogens with two attached hydrogens (primary N) is 1. The van der Waals surface area contributed by atoms with Crippen LogP contribution in [-0.2, 0) is 6.54 Å². The number of rotatable bonds is 5. The number of nitrogens with zero attached hydrogens (tertiary/aromatic N) is 1. The lowest BCUT2D eigenvalue weighted by Crippen LogP contribution is -2.28. The Hall–Kier alpha value is -3.19. The smallest absolute Gasteiger partial charge is 0.312 e. The van der Waals surface area contributed by atoms with E-state index in [0.29, 0.717) is 17.2 Å². The molecule has 3 amide bonds. The normalized spacial score (nSPS) is 10.2. The Morgan fingerprint density at radius 1 is 1.04 bits per heavy atom. The summed E-state index contributed by atoms with van der Waals surface area (Å²) >= 11 is 1.38. The molecule has 1 aromatic heterocycles. The largest absolute Gasteiger partial charge is 0.352 e. The fourth-order valence-corrected chi connectivity index (χ4v) is 2.92. The van der Waals surface area contributed by atoms with E-state index in [2.05, 4.69) is 15.6 Å². The van der Waals surface area contributed by atoms with Gasteiger partial charge in [-0.15, -0.1) is 11.3 Å². The Labute approximate surface area is 148 Å². The zero-order valence-electron chi connectivity index (χ0n) is 13.2. The molecule has 3 rings (SSSR count). The Bertz CT molecular complexity index is 876. The van der Waals surface area contributed by atoms with Crippen LogP contribution < -0.4 is 16.4 Å². The van der Waals surface area contributed by atoms with Crippen molar-refractivity contribution in [3.05, 3.63) is 71.1 Å². The molecule has 0 spiro atoms.